The number of aromatic nitrogens is 2. The maximum atomic E-state index is 6.46. The van der Waals surface area contributed by atoms with Crippen LogP contribution in [0.5, 0.6) is 0 Å². The molecule has 0 amide bonds. The molecule has 1 heterocycles. The minimum atomic E-state index is 0.240. The van der Waals surface area contributed by atoms with Crippen molar-refractivity contribution in [2.75, 3.05) is 11.9 Å². The van der Waals surface area contributed by atoms with Gasteiger partial charge in [-0.25, -0.2) is 9.97 Å². The summed E-state index contributed by atoms with van der Waals surface area (Å²) in [7, 11) is 2.10. The van der Waals surface area contributed by atoms with Crippen molar-refractivity contribution in [1.29, 1.82) is 0 Å². The topological polar surface area (TPSA) is 29.0 Å². The lowest BCUT2D eigenvalue weighted by atomic mass is 9.94. The van der Waals surface area contributed by atoms with Gasteiger partial charge in [0.25, 0.3) is 0 Å². The molecule has 1 aliphatic carbocycles. The minimum Gasteiger partial charge on any atom is -0.355 e. The van der Waals surface area contributed by atoms with Crippen LogP contribution >= 0.6 is 11.6 Å². The summed E-state index contributed by atoms with van der Waals surface area (Å²) < 4.78 is 0. The first-order valence-corrected chi connectivity index (χ1v) is 7.27. The third-order valence-electron chi connectivity index (χ3n) is 3.75. The highest BCUT2D eigenvalue weighted by Crippen LogP contribution is 2.29. The van der Waals surface area contributed by atoms with Crippen LogP contribution in [0.3, 0.4) is 0 Å². The Balaban J connectivity index is 2.21. The molecule has 100 valence electrons. The fraction of sp³-hybridized carbons (Fsp3) is 0.714. The van der Waals surface area contributed by atoms with Gasteiger partial charge in [0, 0.05) is 24.8 Å². The van der Waals surface area contributed by atoms with E-state index in [9.17, 15) is 0 Å². The molecular weight excluding hydrogens is 246 g/mol. The molecule has 0 aromatic carbocycles. The van der Waals surface area contributed by atoms with E-state index in [1.54, 1.807) is 0 Å². The highest BCUT2D eigenvalue weighted by Gasteiger charge is 2.27. The Morgan fingerprint density at radius 1 is 1.33 bits per heavy atom. The van der Waals surface area contributed by atoms with E-state index in [0.717, 1.165) is 36.6 Å². The molecule has 0 N–H and O–H groups in total. The maximum absolute atomic E-state index is 6.46. The van der Waals surface area contributed by atoms with E-state index in [2.05, 4.69) is 34.9 Å². The summed E-state index contributed by atoms with van der Waals surface area (Å²) in [5, 5.41) is 0.240. The number of alkyl halides is 1. The number of aryl methyl sites for hydroxylation is 2. The van der Waals surface area contributed by atoms with Crippen molar-refractivity contribution in [2.45, 2.75) is 57.4 Å². The summed E-state index contributed by atoms with van der Waals surface area (Å²) in [5.74, 6) is 1.86. The summed E-state index contributed by atoms with van der Waals surface area (Å²) in [6, 6.07) is 2.49. The van der Waals surface area contributed by atoms with E-state index in [1.165, 1.54) is 12.8 Å². The first-order valence-electron chi connectivity index (χ1n) is 6.83. The van der Waals surface area contributed by atoms with Gasteiger partial charge in [0.15, 0.2) is 0 Å². The molecule has 2 rings (SSSR count). The summed E-state index contributed by atoms with van der Waals surface area (Å²) in [6.07, 6.45) is 5.74. The molecule has 2 unspecified atom stereocenters. The molecule has 1 aromatic rings. The van der Waals surface area contributed by atoms with Crippen LogP contribution in [0.25, 0.3) is 0 Å². The Morgan fingerprint density at radius 3 is 2.72 bits per heavy atom. The smallest absolute Gasteiger partial charge is 0.132 e. The number of nitrogens with zero attached hydrogens (tertiary/aromatic N) is 3. The zero-order valence-corrected chi connectivity index (χ0v) is 12.2. The van der Waals surface area contributed by atoms with E-state index in [0.29, 0.717) is 6.04 Å². The Morgan fingerprint density at radius 2 is 2.06 bits per heavy atom. The number of halogens is 1. The fourth-order valence-electron chi connectivity index (χ4n) is 2.65. The second-order valence-electron chi connectivity index (χ2n) is 5.10. The number of rotatable bonds is 3. The maximum Gasteiger partial charge on any atom is 0.132 e. The van der Waals surface area contributed by atoms with Crippen molar-refractivity contribution in [3.05, 3.63) is 17.6 Å². The van der Waals surface area contributed by atoms with Crippen molar-refractivity contribution >= 4 is 17.4 Å². The van der Waals surface area contributed by atoms with Crippen LogP contribution in [0.2, 0.25) is 0 Å². The second-order valence-corrected chi connectivity index (χ2v) is 5.66. The third kappa shape index (κ3) is 2.94. The second kappa shape index (κ2) is 5.87. The van der Waals surface area contributed by atoms with Crippen LogP contribution in [0.4, 0.5) is 5.82 Å². The molecule has 3 nitrogen and oxygen atoms in total. The Bertz CT molecular complexity index is 408. The van der Waals surface area contributed by atoms with Crippen LogP contribution in [0.1, 0.15) is 44.1 Å². The van der Waals surface area contributed by atoms with Gasteiger partial charge in [-0.2, -0.15) is 0 Å². The van der Waals surface area contributed by atoms with Crippen LogP contribution in [0, 0.1) is 6.92 Å². The largest absolute Gasteiger partial charge is 0.355 e. The first-order chi connectivity index (χ1) is 8.61. The van der Waals surface area contributed by atoms with Gasteiger partial charge in [-0.05, 0) is 26.2 Å². The predicted molar refractivity (Wildman–Crippen MR) is 76.4 cm³/mol. The SMILES string of the molecule is CCc1cc(N(C)C2CCCCC2Cl)nc(C)n1. The summed E-state index contributed by atoms with van der Waals surface area (Å²) in [5.41, 5.74) is 1.10. The molecule has 0 saturated heterocycles. The van der Waals surface area contributed by atoms with Crippen molar-refractivity contribution < 1.29 is 0 Å². The van der Waals surface area contributed by atoms with Crippen LogP contribution in [-0.2, 0) is 6.42 Å². The van der Waals surface area contributed by atoms with E-state index >= 15 is 0 Å². The molecule has 1 aliphatic rings. The minimum absolute atomic E-state index is 0.240. The lowest BCUT2D eigenvalue weighted by molar-refractivity contribution is 0.432. The molecular formula is C14H22ClN3. The number of anilines is 1. The quantitative estimate of drug-likeness (QED) is 0.787. The standard InChI is InChI=1S/C14H22ClN3/c1-4-11-9-14(17-10(2)16-11)18(3)13-8-6-5-7-12(13)15/h9,12-13H,4-8H2,1-3H3. The highest BCUT2D eigenvalue weighted by atomic mass is 35.5. The average molecular weight is 268 g/mol. The predicted octanol–water partition coefficient (Wildman–Crippen LogP) is 3.33. The van der Waals surface area contributed by atoms with Crippen molar-refractivity contribution in [3.8, 4) is 0 Å². The van der Waals surface area contributed by atoms with Crippen LogP contribution in [-0.4, -0.2) is 28.4 Å². The van der Waals surface area contributed by atoms with Gasteiger partial charge in [0.2, 0.25) is 0 Å². The third-order valence-corrected chi connectivity index (χ3v) is 4.25. The fourth-order valence-corrected chi connectivity index (χ4v) is 3.10. The molecule has 0 spiro atoms. The van der Waals surface area contributed by atoms with Crippen molar-refractivity contribution in [2.24, 2.45) is 0 Å². The summed E-state index contributed by atoms with van der Waals surface area (Å²) in [4.78, 5) is 11.2. The molecule has 2 atom stereocenters. The van der Waals surface area contributed by atoms with Gasteiger partial charge in [-0.15, -0.1) is 11.6 Å². The highest BCUT2D eigenvalue weighted by molar-refractivity contribution is 6.21. The molecule has 1 saturated carbocycles. The van der Waals surface area contributed by atoms with Gasteiger partial charge in [-0.3, -0.25) is 0 Å². The lowest BCUT2D eigenvalue weighted by Gasteiger charge is -2.35. The number of hydrogen-bond donors (Lipinski definition) is 0. The summed E-state index contributed by atoms with van der Waals surface area (Å²) >= 11 is 6.46. The zero-order valence-electron chi connectivity index (χ0n) is 11.5. The summed E-state index contributed by atoms with van der Waals surface area (Å²) in [6.45, 7) is 4.08. The molecule has 0 bridgehead atoms. The lowest BCUT2D eigenvalue weighted by Crippen LogP contribution is -2.41. The normalized spacial score (nSPS) is 24.0. The molecule has 18 heavy (non-hydrogen) atoms. The van der Waals surface area contributed by atoms with Crippen molar-refractivity contribution in [1.82, 2.24) is 9.97 Å². The molecule has 0 radical (unpaired) electrons. The molecule has 0 aliphatic heterocycles. The van der Waals surface area contributed by atoms with E-state index in [1.807, 2.05) is 6.92 Å². The van der Waals surface area contributed by atoms with Gasteiger partial charge in [-0.1, -0.05) is 19.8 Å². The van der Waals surface area contributed by atoms with Gasteiger partial charge in [0.05, 0.1) is 5.38 Å². The Kier molecular flexibility index (Phi) is 4.44. The molecule has 1 fully saturated rings. The zero-order chi connectivity index (χ0) is 13.1. The van der Waals surface area contributed by atoms with Gasteiger partial charge < -0.3 is 4.90 Å². The number of hydrogen-bond acceptors (Lipinski definition) is 3. The van der Waals surface area contributed by atoms with Crippen LogP contribution in [0.15, 0.2) is 6.07 Å². The first kappa shape index (κ1) is 13.6. The van der Waals surface area contributed by atoms with E-state index in [-0.39, 0.29) is 5.38 Å². The van der Waals surface area contributed by atoms with E-state index in [4.69, 9.17) is 11.6 Å². The monoisotopic (exact) mass is 267 g/mol. The Labute approximate surface area is 115 Å². The molecule has 1 aromatic heterocycles. The van der Waals surface area contributed by atoms with E-state index < -0.39 is 0 Å². The van der Waals surface area contributed by atoms with Crippen molar-refractivity contribution in [3.63, 3.8) is 0 Å². The molecule has 4 heteroatoms. The van der Waals surface area contributed by atoms with Gasteiger partial charge >= 0.3 is 0 Å². The Hall–Kier alpha value is -0.830. The van der Waals surface area contributed by atoms with Crippen LogP contribution < -0.4 is 4.90 Å². The average Bonchev–Trinajstić information content (AvgIpc) is 2.37. The van der Waals surface area contributed by atoms with Gasteiger partial charge in [0.1, 0.15) is 11.6 Å².